The second-order valence-corrected chi connectivity index (χ2v) is 7.53. The van der Waals surface area contributed by atoms with E-state index in [1.807, 2.05) is 59.0 Å². The Kier molecular flexibility index (Phi) is 5.95. The van der Waals surface area contributed by atoms with Crippen molar-refractivity contribution in [2.45, 2.75) is 13.0 Å². The molecule has 2 aromatic heterocycles. The van der Waals surface area contributed by atoms with E-state index in [9.17, 15) is 0 Å². The average molecular weight is 402 g/mol. The number of methoxy groups -OCH3 is 1. The normalized spacial score (nSPS) is 11.2. The zero-order valence-electron chi connectivity index (χ0n) is 17.7. The highest BCUT2D eigenvalue weighted by molar-refractivity contribution is 5.65. The van der Waals surface area contributed by atoms with Gasteiger partial charge in [0.25, 0.3) is 0 Å². The fourth-order valence-corrected chi connectivity index (χ4v) is 3.54. The molecule has 6 nitrogen and oxygen atoms in total. The first-order chi connectivity index (χ1) is 14.6. The van der Waals surface area contributed by atoms with Gasteiger partial charge in [-0.1, -0.05) is 30.3 Å². The van der Waals surface area contributed by atoms with E-state index < -0.39 is 0 Å². The summed E-state index contributed by atoms with van der Waals surface area (Å²) in [6.07, 6.45) is 7.10. The van der Waals surface area contributed by atoms with Gasteiger partial charge in [-0.05, 0) is 43.3 Å². The summed E-state index contributed by atoms with van der Waals surface area (Å²) in [6.45, 7) is 1.75. The van der Waals surface area contributed by atoms with Crippen LogP contribution in [-0.2, 0) is 20.0 Å². The summed E-state index contributed by atoms with van der Waals surface area (Å²) in [5.41, 5.74) is 5.51. The Morgan fingerprint density at radius 3 is 2.60 bits per heavy atom. The van der Waals surface area contributed by atoms with Gasteiger partial charge in [-0.3, -0.25) is 4.68 Å². The smallest absolute Gasteiger partial charge is 0.119 e. The van der Waals surface area contributed by atoms with Gasteiger partial charge < -0.3 is 9.64 Å². The number of likely N-dealkylation sites (N-methyl/N-ethyl adjacent to an activating group) is 1. The lowest BCUT2D eigenvalue weighted by Gasteiger charge is -2.16. The average Bonchev–Trinajstić information content (AvgIpc) is 3.39. The summed E-state index contributed by atoms with van der Waals surface area (Å²) >= 11 is 0. The molecular formula is C24H27N5O. The molecule has 2 aromatic carbocycles. The topological polar surface area (TPSA) is 48.1 Å². The van der Waals surface area contributed by atoms with Crippen LogP contribution in [0.2, 0.25) is 0 Å². The monoisotopic (exact) mass is 401 g/mol. The molecule has 0 fully saturated rings. The predicted octanol–water partition coefficient (Wildman–Crippen LogP) is 3.96. The van der Waals surface area contributed by atoms with Crippen LogP contribution >= 0.6 is 0 Å². The third kappa shape index (κ3) is 4.60. The van der Waals surface area contributed by atoms with E-state index in [1.165, 1.54) is 11.1 Å². The molecule has 4 aromatic rings. The lowest BCUT2D eigenvalue weighted by Crippen LogP contribution is -2.20. The molecule has 0 saturated carbocycles. The van der Waals surface area contributed by atoms with Crippen molar-refractivity contribution in [2.24, 2.45) is 7.05 Å². The van der Waals surface area contributed by atoms with E-state index in [4.69, 9.17) is 9.84 Å². The van der Waals surface area contributed by atoms with Crippen LogP contribution < -0.4 is 4.74 Å². The van der Waals surface area contributed by atoms with Gasteiger partial charge in [-0.15, -0.1) is 0 Å². The fraction of sp³-hybridized carbons (Fsp3) is 0.250. The summed E-state index contributed by atoms with van der Waals surface area (Å²) < 4.78 is 9.23. The number of benzene rings is 2. The number of ether oxygens (including phenoxy) is 1. The van der Waals surface area contributed by atoms with Crippen LogP contribution in [0, 0.1) is 0 Å². The number of rotatable bonds is 8. The Labute approximate surface area is 177 Å². The maximum atomic E-state index is 5.43. The van der Waals surface area contributed by atoms with Crippen molar-refractivity contribution in [3.05, 3.63) is 84.3 Å². The SMILES string of the molecule is COc1cccc(-c2nn(-c3ccccc3)cc2CN(C)CCc2cnn(C)c2)c1. The number of aromatic nitrogens is 4. The largest absolute Gasteiger partial charge is 0.497 e. The maximum absolute atomic E-state index is 5.43. The number of aryl methyl sites for hydroxylation is 1. The molecule has 0 saturated heterocycles. The number of para-hydroxylation sites is 1. The van der Waals surface area contributed by atoms with Crippen LogP contribution in [0.4, 0.5) is 0 Å². The lowest BCUT2D eigenvalue weighted by atomic mass is 10.1. The number of hydrogen-bond donors (Lipinski definition) is 0. The highest BCUT2D eigenvalue weighted by Gasteiger charge is 2.15. The molecule has 6 heteroatoms. The van der Waals surface area contributed by atoms with Gasteiger partial charge in [0.2, 0.25) is 0 Å². The van der Waals surface area contributed by atoms with E-state index >= 15 is 0 Å². The van der Waals surface area contributed by atoms with Crippen LogP contribution in [0.5, 0.6) is 5.75 Å². The Balaban J connectivity index is 1.60. The molecule has 0 amide bonds. The number of nitrogens with zero attached hydrogens (tertiary/aromatic N) is 5. The first-order valence-corrected chi connectivity index (χ1v) is 10.1. The zero-order valence-corrected chi connectivity index (χ0v) is 17.7. The van der Waals surface area contributed by atoms with Gasteiger partial charge in [-0.2, -0.15) is 10.2 Å². The Morgan fingerprint density at radius 2 is 1.87 bits per heavy atom. The quantitative estimate of drug-likeness (QED) is 0.448. The molecule has 154 valence electrons. The van der Waals surface area contributed by atoms with Crippen LogP contribution in [0.15, 0.2) is 73.2 Å². The Hall–Kier alpha value is -3.38. The Morgan fingerprint density at radius 1 is 1.03 bits per heavy atom. The minimum atomic E-state index is 0.805. The van der Waals surface area contributed by atoms with Gasteiger partial charge in [0.15, 0.2) is 0 Å². The third-order valence-corrected chi connectivity index (χ3v) is 5.13. The van der Waals surface area contributed by atoms with Gasteiger partial charge in [-0.25, -0.2) is 4.68 Å². The van der Waals surface area contributed by atoms with Crippen molar-refractivity contribution >= 4 is 0 Å². The summed E-state index contributed by atoms with van der Waals surface area (Å²) in [4.78, 5) is 2.32. The van der Waals surface area contributed by atoms with Crippen LogP contribution in [0.1, 0.15) is 11.1 Å². The minimum absolute atomic E-state index is 0.805. The first-order valence-electron chi connectivity index (χ1n) is 10.1. The van der Waals surface area contributed by atoms with E-state index in [1.54, 1.807) is 7.11 Å². The van der Waals surface area contributed by atoms with Crippen molar-refractivity contribution in [1.82, 2.24) is 24.5 Å². The fourth-order valence-electron chi connectivity index (χ4n) is 3.54. The molecule has 0 aliphatic carbocycles. The molecule has 30 heavy (non-hydrogen) atoms. The van der Waals surface area contributed by atoms with Crippen molar-refractivity contribution in [2.75, 3.05) is 20.7 Å². The molecule has 0 aliphatic rings. The van der Waals surface area contributed by atoms with Crippen LogP contribution in [0.25, 0.3) is 16.9 Å². The minimum Gasteiger partial charge on any atom is -0.497 e. The molecule has 0 unspecified atom stereocenters. The van der Waals surface area contributed by atoms with Crippen molar-refractivity contribution < 1.29 is 4.74 Å². The lowest BCUT2D eigenvalue weighted by molar-refractivity contribution is 0.331. The Bertz CT molecular complexity index is 1100. The standard InChI is InChI=1S/C24H27N5O/c1-27(13-12-19-15-25-28(2)16-19)17-21-18-29(22-9-5-4-6-10-22)26-24(21)20-8-7-11-23(14-20)30-3/h4-11,14-16,18H,12-13,17H2,1-3H3. The van der Waals surface area contributed by atoms with E-state index in [2.05, 4.69) is 47.6 Å². The van der Waals surface area contributed by atoms with Gasteiger partial charge in [0.1, 0.15) is 5.75 Å². The second kappa shape index (κ2) is 8.97. The molecule has 2 heterocycles. The highest BCUT2D eigenvalue weighted by atomic mass is 16.5. The molecule has 0 aliphatic heterocycles. The summed E-state index contributed by atoms with van der Waals surface area (Å²) in [7, 11) is 5.78. The molecule has 0 spiro atoms. The predicted molar refractivity (Wildman–Crippen MR) is 119 cm³/mol. The van der Waals surface area contributed by atoms with Crippen molar-refractivity contribution in [1.29, 1.82) is 0 Å². The molecule has 0 N–H and O–H groups in total. The van der Waals surface area contributed by atoms with Crippen LogP contribution in [0.3, 0.4) is 0 Å². The van der Waals surface area contributed by atoms with Crippen molar-refractivity contribution in [3.8, 4) is 22.7 Å². The maximum Gasteiger partial charge on any atom is 0.119 e. The molecule has 4 rings (SSSR count). The summed E-state index contributed by atoms with van der Waals surface area (Å²) in [5.74, 6) is 0.831. The van der Waals surface area contributed by atoms with E-state index in [0.29, 0.717) is 0 Å². The highest BCUT2D eigenvalue weighted by Crippen LogP contribution is 2.27. The van der Waals surface area contributed by atoms with Gasteiger partial charge >= 0.3 is 0 Å². The second-order valence-electron chi connectivity index (χ2n) is 7.53. The van der Waals surface area contributed by atoms with Gasteiger partial charge in [0, 0.05) is 43.7 Å². The molecule has 0 radical (unpaired) electrons. The van der Waals surface area contributed by atoms with Crippen LogP contribution in [-0.4, -0.2) is 45.2 Å². The molecule has 0 atom stereocenters. The van der Waals surface area contributed by atoms with Crippen molar-refractivity contribution in [3.63, 3.8) is 0 Å². The zero-order chi connectivity index (χ0) is 20.9. The molecule has 0 bridgehead atoms. The van der Waals surface area contributed by atoms with E-state index in [0.717, 1.165) is 42.2 Å². The van der Waals surface area contributed by atoms with E-state index in [-0.39, 0.29) is 0 Å². The first kappa shape index (κ1) is 19.9. The van der Waals surface area contributed by atoms with Gasteiger partial charge in [0.05, 0.1) is 24.7 Å². The molecular weight excluding hydrogens is 374 g/mol. The number of hydrogen-bond acceptors (Lipinski definition) is 4. The third-order valence-electron chi connectivity index (χ3n) is 5.13. The summed E-state index contributed by atoms with van der Waals surface area (Å²) in [5, 5.41) is 9.18. The summed E-state index contributed by atoms with van der Waals surface area (Å²) in [6, 6.07) is 18.3.